The average Bonchev–Trinajstić information content (AvgIpc) is 3.33. The van der Waals surface area contributed by atoms with Gasteiger partial charge in [0.1, 0.15) is 5.76 Å². The number of carbonyl (C=O) groups is 2. The minimum atomic E-state index is -0.725. The van der Waals surface area contributed by atoms with Gasteiger partial charge in [-0.25, -0.2) is 0 Å². The van der Waals surface area contributed by atoms with Crippen molar-refractivity contribution in [3.05, 3.63) is 107 Å². The van der Waals surface area contributed by atoms with Gasteiger partial charge in [0.2, 0.25) is 0 Å². The fraction of sp³-hybridized carbons (Fsp3) is 0.0769. The fourth-order valence-electron chi connectivity index (χ4n) is 4.24. The van der Waals surface area contributed by atoms with Gasteiger partial charge < -0.3 is 10.1 Å². The second kappa shape index (κ2) is 7.29. The molecule has 0 bridgehead atoms. The number of ketones is 1. The van der Waals surface area contributed by atoms with Crippen molar-refractivity contribution in [3.63, 3.8) is 0 Å². The molecule has 0 spiro atoms. The highest BCUT2D eigenvalue weighted by Gasteiger charge is 2.47. The lowest BCUT2D eigenvalue weighted by Crippen LogP contribution is -2.29. The third kappa shape index (κ3) is 3.02. The topological polar surface area (TPSA) is 73.4 Å². The molecule has 1 saturated heterocycles. The van der Waals surface area contributed by atoms with Crippen LogP contribution in [-0.4, -0.2) is 21.8 Å². The van der Waals surface area contributed by atoms with E-state index in [1.807, 2.05) is 79.7 Å². The molecule has 2 N–H and O–H groups in total. The predicted octanol–water partition coefficient (Wildman–Crippen LogP) is 5.10. The van der Waals surface area contributed by atoms with Gasteiger partial charge in [-0.3, -0.25) is 14.5 Å². The van der Waals surface area contributed by atoms with Gasteiger partial charge in [0.15, 0.2) is 0 Å². The first-order valence-electron chi connectivity index (χ1n) is 10.1. The van der Waals surface area contributed by atoms with E-state index in [9.17, 15) is 14.7 Å². The van der Waals surface area contributed by atoms with Gasteiger partial charge in [-0.15, -0.1) is 0 Å². The molecule has 5 nitrogen and oxygen atoms in total. The van der Waals surface area contributed by atoms with Crippen molar-refractivity contribution >= 4 is 34.0 Å². The first kappa shape index (κ1) is 18.9. The van der Waals surface area contributed by atoms with Crippen molar-refractivity contribution in [1.82, 2.24) is 4.98 Å². The molecule has 1 aromatic heterocycles. The first-order chi connectivity index (χ1) is 15.1. The molecule has 31 heavy (non-hydrogen) atoms. The molecule has 0 aliphatic carbocycles. The average molecular weight is 408 g/mol. The molecule has 4 aromatic rings. The Morgan fingerprint density at radius 2 is 1.68 bits per heavy atom. The van der Waals surface area contributed by atoms with E-state index < -0.39 is 17.7 Å². The van der Waals surface area contributed by atoms with E-state index in [1.165, 1.54) is 4.90 Å². The van der Waals surface area contributed by atoms with E-state index in [-0.39, 0.29) is 11.3 Å². The highest BCUT2D eigenvalue weighted by atomic mass is 16.3. The minimum absolute atomic E-state index is 0.0856. The largest absolute Gasteiger partial charge is 0.507 e. The van der Waals surface area contributed by atoms with Crippen LogP contribution in [0, 0.1) is 6.92 Å². The summed E-state index contributed by atoms with van der Waals surface area (Å²) in [5.41, 5.74) is 3.77. The fourth-order valence-corrected chi connectivity index (χ4v) is 4.24. The van der Waals surface area contributed by atoms with Crippen LogP contribution in [-0.2, 0) is 9.59 Å². The van der Waals surface area contributed by atoms with Gasteiger partial charge in [0.25, 0.3) is 11.7 Å². The number of benzene rings is 3. The van der Waals surface area contributed by atoms with E-state index >= 15 is 0 Å². The molecule has 0 radical (unpaired) electrons. The van der Waals surface area contributed by atoms with Crippen LogP contribution in [0.4, 0.5) is 5.69 Å². The van der Waals surface area contributed by atoms with Crippen LogP contribution in [0.15, 0.2) is 90.6 Å². The maximum Gasteiger partial charge on any atom is 0.300 e. The van der Waals surface area contributed by atoms with Crippen LogP contribution in [0.2, 0.25) is 0 Å². The van der Waals surface area contributed by atoms with Gasteiger partial charge in [-0.2, -0.15) is 0 Å². The Morgan fingerprint density at radius 1 is 0.935 bits per heavy atom. The summed E-state index contributed by atoms with van der Waals surface area (Å²) in [5.74, 6) is -1.53. The number of hydrogen-bond donors (Lipinski definition) is 2. The molecular formula is C26H20N2O3. The number of anilines is 1. The number of rotatable bonds is 3. The zero-order valence-electron chi connectivity index (χ0n) is 16.9. The number of aliphatic hydroxyl groups is 1. The molecule has 1 aliphatic heterocycles. The number of aryl methyl sites for hydroxylation is 1. The zero-order chi connectivity index (χ0) is 21.5. The van der Waals surface area contributed by atoms with E-state index in [0.717, 1.165) is 22.0 Å². The lowest BCUT2D eigenvalue weighted by atomic mass is 9.95. The Balaban J connectivity index is 1.76. The number of nitrogens with one attached hydrogen (secondary N) is 1. The zero-order valence-corrected chi connectivity index (χ0v) is 16.9. The van der Waals surface area contributed by atoms with Crippen LogP contribution in [0.3, 0.4) is 0 Å². The van der Waals surface area contributed by atoms with E-state index in [1.54, 1.807) is 12.3 Å². The maximum atomic E-state index is 13.2. The van der Waals surface area contributed by atoms with Crippen molar-refractivity contribution in [2.75, 3.05) is 4.90 Å². The summed E-state index contributed by atoms with van der Waals surface area (Å²) in [7, 11) is 0. The lowest BCUT2D eigenvalue weighted by molar-refractivity contribution is -0.132. The summed E-state index contributed by atoms with van der Waals surface area (Å²) < 4.78 is 0. The second-order valence-electron chi connectivity index (χ2n) is 7.67. The highest BCUT2D eigenvalue weighted by molar-refractivity contribution is 6.51. The van der Waals surface area contributed by atoms with Gasteiger partial charge in [0, 0.05) is 28.4 Å². The molecule has 1 aliphatic rings. The molecule has 1 amide bonds. The van der Waals surface area contributed by atoms with Crippen molar-refractivity contribution in [3.8, 4) is 0 Å². The smallest absolute Gasteiger partial charge is 0.300 e. The number of Topliss-reactive ketones (excluding diaryl/α,β-unsaturated/α-hetero) is 1. The first-order valence-corrected chi connectivity index (χ1v) is 10.1. The number of fused-ring (bicyclic) bond motifs is 1. The molecule has 5 heteroatoms. The minimum Gasteiger partial charge on any atom is -0.507 e. The molecule has 1 fully saturated rings. The number of amides is 1. The summed E-state index contributed by atoms with van der Waals surface area (Å²) in [5, 5.41) is 12.1. The van der Waals surface area contributed by atoms with Crippen LogP contribution < -0.4 is 4.90 Å². The standard InChI is InChI=1S/C26H20N2O3/c1-16-8-7-11-18(14-16)28-23(17-9-3-2-4-10-17)22(25(30)26(28)31)24(29)20-15-27-21-13-6-5-12-19(20)21/h2-15,23,27,29H,1H3/b24-22-. The monoisotopic (exact) mass is 408 g/mol. The molecule has 3 aromatic carbocycles. The third-order valence-corrected chi connectivity index (χ3v) is 5.68. The quantitative estimate of drug-likeness (QED) is 0.281. The summed E-state index contributed by atoms with van der Waals surface area (Å²) in [6, 6.07) is 23.6. The summed E-state index contributed by atoms with van der Waals surface area (Å²) in [4.78, 5) is 31.0. The van der Waals surface area contributed by atoms with Crippen LogP contribution in [0.1, 0.15) is 22.7 Å². The maximum absolute atomic E-state index is 13.2. The van der Waals surface area contributed by atoms with Gasteiger partial charge in [0.05, 0.1) is 11.6 Å². The molecule has 0 saturated carbocycles. The Bertz CT molecular complexity index is 1350. The number of hydrogen-bond acceptors (Lipinski definition) is 3. The number of carbonyl (C=O) groups excluding carboxylic acids is 2. The van der Waals surface area contributed by atoms with E-state index in [0.29, 0.717) is 11.3 Å². The van der Waals surface area contributed by atoms with Crippen molar-refractivity contribution < 1.29 is 14.7 Å². The summed E-state index contributed by atoms with van der Waals surface area (Å²) in [6.07, 6.45) is 1.67. The summed E-state index contributed by atoms with van der Waals surface area (Å²) in [6.45, 7) is 1.93. The summed E-state index contributed by atoms with van der Waals surface area (Å²) >= 11 is 0. The van der Waals surface area contributed by atoms with Crippen LogP contribution in [0.25, 0.3) is 16.7 Å². The number of H-pyrrole nitrogens is 1. The second-order valence-corrected chi connectivity index (χ2v) is 7.67. The number of aliphatic hydroxyl groups excluding tert-OH is 1. The Morgan fingerprint density at radius 3 is 2.45 bits per heavy atom. The van der Waals surface area contributed by atoms with E-state index in [4.69, 9.17) is 0 Å². The number of aromatic nitrogens is 1. The third-order valence-electron chi connectivity index (χ3n) is 5.68. The van der Waals surface area contributed by atoms with Crippen LogP contribution >= 0.6 is 0 Å². The predicted molar refractivity (Wildman–Crippen MR) is 121 cm³/mol. The lowest BCUT2D eigenvalue weighted by Gasteiger charge is -2.25. The van der Waals surface area contributed by atoms with Gasteiger partial charge >= 0.3 is 0 Å². The Hall–Kier alpha value is -4.12. The number of nitrogens with zero attached hydrogens (tertiary/aromatic N) is 1. The van der Waals surface area contributed by atoms with E-state index in [2.05, 4.69) is 4.98 Å². The number of para-hydroxylation sites is 1. The molecule has 2 heterocycles. The van der Waals surface area contributed by atoms with Gasteiger partial charge in [-0.1, -0.05) is 60.7 Å². The molecule has 152 valence electrons. The normalized spacial score (nSPS) is 18.1. The molecule has 1 atom stereocenters. The Kier molecular flexibility index (Phi) is 4.44. The van der Waals surface area contributed by atoms with Crippen molar-refractivity contribution in [2.45, 2.75) is 13.0 Å². The van der Waals surface area contributed by atoms with Crippen molar-refractivity contribution in [1.29, 1.82) is 0 Å². The Labute approximate surface area is 179 Å². The highest BCUT2D eigenvalue weighted by Crippen LogP contribution is 2.42. The van der Waals surface area contributed by atoms with Crippen LogP contribution in [0.5, 0.6) is 0 Å². The molecule has 1 unspecified atom stereocenters. The molecular weight excluding hydrogens is 388 g/mol. The van der Waals surface area contributed by atoms with Gasteiger partial charge in [-0.05, 0) is 36.2 Å². The molecule has 5 rings (SSSR count). The van der Waals surface area contributed by atoms with Crippen molar-refractivity contribution in [2.24, 2.45) is 0 Å². The SMILES string of the molecule is Cc1cccc(N2C(=O)C(=O)/C(=C(\O)c3c[nH]c4ccccc34)C2c2ccccc2)c1. The number of aromatic amines is 1.